The highest BCUT2D eigenvalue weighted by atomic mass is 32.1. The van der Waals surface area contributed by atoms with Crippen LogP contribution in [-0.2, 0) is 6.42 Å². The summed E-state index contributed by atoms with van der Waals surface area (Å²) in [6, 6.07) is 21.5. The molecule has 1 aliphatic carbocycles. The zero-order valence-electron chi connectivity index (χ0n) is 21.8. The molecule has 196 valence electrons. The summed E-state index contributed by atoms with van der Waals surface area (Å²) in [5.41, 5.74) is 6.18. The molecule has 6 rings (SSSR count). The molecule has 0 bridgehead atoms. The van der Waals surface area contributed by atoms with Crippen molar-refractivity contribution < 1.29 is 14.2 Å². The largest absolute Gasteiger partial charge is 0.497 e. The van der Waals surface area contributed by atoms with E-state index in [1.807, 2.05) is 59.2 Å². The third-order valence-electron chi connectivity index (χ3n) is 7.15. The van der Waals surface area contributed by atoms with E-state index in [2.05, 4.69) is 24.8 Å². The van der Waals surface area contributed by atoms with Crippen molar-refractivity contribution in [1.82, 2.24) is 4.57 Å². The molecular formula is C32H28N2O4S. The highest BCUT2D eigenvalue weighted by molar-refractivity contribution is 7.07. The summed E-state index contributed by atoms with van der Waals surface area (Å²) in [7, 11) is 3.30. The Morgan fingerprint density at radius 2 is 1.82 bits per heavy atom. The third kappa shape index (κ3) is 4.49. The van der Waals surface area contributed by atoms with Crippen molar-refractivity contribution in [3.05, 3.63) is 127 Å². The van der Waals surface area contributed by atoms with Gasteiger partial charge in [-0.25, -0.2) is 4.99 Å². The first kappa shape index (κ1) is 24.9. The molecule has 3 aromatic carbocycles. The summed E-state index contributed by atoms with van der Waals surface area (Å²) in [5, 5.41) is 0. The topological polar surface area (TPSA) is 62.0 Å². The van der Waals surface area contributed by atoms with Gasteiger partial charge in [-0.05, 0) is 65.9 Å². The number of ether oxygens (including phenoxy) is 3. The quantitative estimate of drug-likeness (QED) is 0.315. The molecule has 4 aromatic rings. The molecule has 1 aromatic heterocycles. The van der Waals surface area contributed by atoms with Crippen LogP contribution >= 0.6 is 11.3 Å². The zero-order chi connectivity index (χ0) is 26.9. The lowest BCUT2D eigenvalue weighted by atomic mass is 9.83. The van der Waals surface area contributed by atoms with Gasteiger partial charge in [-0.15, -0.1) is 0 Å². The molecule has 0 saturated heterocycles. The second kappa shape index (κ2) is 10.4. The second-order valence-corrected chi connectivity index (χ2v) is 10.4. The summed E-state index contributed by atoms with van der Waals surface area (Å²) in [4.78, 5) is 19.8. The van der Waals surface area contributed by atoms with E-state index in [4.69, 9.17) is 19.2 Å². The predicted octanol–water partition coefficient (Wildman–Crippen LogP) is 4.90. The van der Waals surface area contributed by atoms with Crippen LogP contribution in [0, 0.1) is 0 Å². The first-order valence-corrected chi connectivity index (χ1v) is 13.6. The first-order chi connectivity index (χ1) is 19.1. The van der Waals surface area contributed by atoms with Crippen LogP contribution < -0.4 is 29.1 Å². The van der Waals surface area contributed by atoms with Gasteiger partial charge in [0.25, 0.3) is 5.56 Å². The molecule has 0 N–H and O–H groups in total. The average molecular weight is 537 g/mol. The molecule has 6 nitrogen and oxygen atoms in total. The van der Waals surface area contributed by atoms with Crippen molar-refractivity contribution in [2.75, 3.05) is 20.8 Å². The molecule has 0 spiro atoms. The molecule has 39 heavy (non-hydrogen) atoms. The molecule has 1 aliphatic heterocycles. The predicted molar refractivity (Wildman–Crippen MR) is 154 cm³/mol. The van der Waals surface area contributed by atoms with Gasteiger partial charge in [0.2, 0.25) is 0 Å². The van der Waals surface area contributed by atoms with Crippen LogP contribution in [0.25, 0.3) is 11.8 Å². The summed E-state index contributed by atoms with van der Waals surface area (Å²) < 4.78 is 19.4. The molecule has 0 amide bonds. The number of benzene rings is 3. The van der Waals surface area contributed by atoms with Crippen molar-refractivity contribution >= 4 is 23.1 Å². The summed E-state index contributed by atoms with van der Waals surface area (Å²) in [6.07, 6.45) is 5.31. The molecule has 2 heterocycles. The van der Waals surface area contributed by atoms with Gasteiger partial charge in [-0.2, -0.15) is 0 Å². The fourth-order valence-corrected chi connectivity index (χ4v) is 6.32. The van der Waals surface area contributed by atoms with E-state index < -0.39 is 0 Å². The van der Waals surface area contributed by atoms with Gasteiger partial charge in [-0.3, -0.25) is 9.36 Å². The maximum absolute atomic E-state index is 14.0. The number of aryl methyl sites for hydroxylation is 1. The Labute approximate surface area is 230 Å². The van der Waals surface area contributed by atoms with E-state index in [9.17, 15) is 4.79 Å². The van der Waals surface area contributed by atoms with Crippen LogP contribution in [0.3, 0.4) is 0 Å². The minimum atomic E-state index is -0.355. The van der Waals surface area contributed by atoms with Crippen molar-refractivity contribution in [1.29, 1.82) is 0 Å². The van der Waals surface area contributed by atoms with E-state index in [-0.39, 0.29) is 11.6 Å². The standard InChI is InChI=1S/C32H28N2O4S/c1-4-17-38-22-12-9-20(10-13-22)18-28-31(35)34-30(26-19-23(36-2)14-16-27(26)37-3)25-15-11-21-7-5-6-8-24(21)29(25)33-32(34)39-28/h4-10,12-14,16,18-19,30H,1,11,15,17H2,2-3H3. The number of hydrogen-bond acceptors (Lipinski definition) is 6. The molecule has 2 aliphatic rings. The number of thiazole rings is 1. The Bertz CT molecular complexity index is 1780. The molecular weight excluding hydrogens is 508 g/mol. The molecule has 0 fully saturated rings. The highest BCUT2D eigenvalue weighted by Gasteiger charge is 2.34. The molecule has 1 unspecified atom stereocenters. The smallest absolute Gasteiger partial charge is 0.271 e. The summed E-state index contributed by atoms with van der Waals surface area (Å²) >= 11 is 1.40. The first-order valence-electron chi connectivity index (χ1n) is 12.8. The molecule has 7 heteroatoms. The van der Waals surface area contributed by atoms with Gasteiger partial charge in [0.1, 0.15) is 23.9 Å². The van der Waals surface area contributed by atoms with Crippen LogP contribution in [0.2, 0.25) is 0 Å². The number of methoxy groups -OCH3 is 2. The molecule has 0 saturated carbocycles. The monoisotopic (exact) mass is 536 g/mol. The van der Waals surface area contributed by atoms with E-state index >= 15 is 0 Å². The van der Waals surface area contributed by atoms with E-state index in [0.717, 1.165) is 46.6 Å². The lowest BCUT2D eigenvalue weighted by Crippen LogP contribution is -2.39. The van der Waals surface area contributed by atoms with Crippen LogP contribution in [0.15, 0.2) is 94.7 Å². The van der Waals surface area contributed by atoms with Gasteiger partial charge >= 0.3 is 0 Å². The number of hydrogen-bond donors (Lipinski definition) is 0. The highest BCUT2D eigenvalue weighted by Crippen LogP contribution is 2.44. The number of fused-ring (bicyclic) bond motifs is 3. The van der Waals surface area contributed by atoms with Crippen molar-refractivity contribution in [2.45, 2.75) is 18.9 Å². The van der Waals surface area contributed by atoms with Gasteiger partial charge in [0.15, 0.2) is 4.80 Å². The molecule has 0 radical (unpaired) electrons. The Morgan fingerprint density at radius 1 is 1.03 bits per heavy atom. The average Bonchev–Trinajstić information content (AvgIpc) is 3.29. The summed E-state index contributed by atoms with van der Waals surface area (Å²) in [5.74, 6) is 2.17. The van der Waals surface area contributed by atoms with Crippen molar-refractivity contribution in [3.63, 3.8) is 0 Å². The van der Waals surface area contributed by atoms with Gasteiger partial charge in [-0.1, -0.05) is 60.4 Å². The Hall–Kier alpha value is -4.36. The minimum absolute atomic E-state index is 0.0778. The normalized spacial score (nSPS) is 16.1. The van der Waals surface area contributed by atoms with Crippen LogP contribution in [-0.4, -0.2) is 25.4 Å². The zero-order valence-corrected chi connectivity index (χ0v) is 22.7. The lowest BCUT2D eigenvalue weighted by Gasteiger charge is -2.31. The van der Waals surface area contributed by atoms with E-state index in [1.165, 1.54) is 16.9 Å². The number of allylic oxidation sites excluding steroid dienone is 1. The third-order valence-corrected chi connectivity index (χ3v) is 8.13. The lowest BCUT2D eigenvalue weighted by molar-refractivity contribution is 0.363. The van der Waals surface area contributed by atoms with Crippen molar-refractivity contribution in [2.24, 2.45) is 4.99 Å². The van der Waals surface area contributed by atoms with E-state index in [0.29, 0.717) is 27.4 Å². The number of rotatable bonds is 7. The Morgan fingerprint density at radius 3 is 2.59 bits per heavy atom. The van der Waals surface area contributed by atoms with Crippen molar-refractivity contribution in [3.8, 4) is 17.2 Å². The summed E-state index contributed by atoms with van der Waals surface area (Å²) in [6.45, 7) is 4.13. The molecule has 1 atom stereocenters. The van der Waals surface area contributed by atoms with Crippen LogP contribution in [0.5, 0.6) is 17.2 Å². The fourth-order valence-electron chi connectivity index (χ4n) is 5.32. The maximum atomic E-state index is 14.0. The Kier molecular flexibility index (Phi) is 6.67. The van der Waals surface area contributed by atoms with Gasteiger partial charge in [0.05, 0.1) is 30.5 Å². The van der Waals surface area contributed by atoms with E-state index in [1.54, 1.807) is 20.3 Å². The SMILES string of the molecule is C=CCOc1ccc(C=c2sc3n(c2=O)C(c2cc(OC)ccc2OC)C2=C(N=3)c3ccccc3CC2)cc1. The van der Waals surface area contributed by atoms with Gasteiger partial charge in [0, 0.05) is 11.1 Å². The minimum Gasteiger partial charge on any atom is -0.497 e. The van der Waals surface area contributed by atoms with Crippen LogP contribution in [0.4, 0.5) is 0 Å². The fraction of sp³-hybridized carbons (Fsp3) is 0.188. The maximum Gasteiger partial charge on any atom is 0.271 e. The number of nitrogens with zero attached hydrogens (tertiary/aromatic N) is 2. The second-order valence-electron chi connectivity index (χ2n) is 9.39. The van der Waals surface area contributed by atoms with Gasteiger partial charge < -0.3 is 14.2 Å². The number of aromatic nitrogens is 1. The Balaban J connectivity index is 1.56. The van der Waals surface area contributed by atoms with Crippen LogP contribution in [0.1, 0.15) is 34.7 Å².